The van der Waals surface area contributed by atoms with Gasteiger partial charge in [-0.3, -0.25) is 4.79 Å². The van der Waals surface area contributed by atoms with Crippen LogP contribution in [-0.4, -0.2) is 40.4 Å². The Kier molecular flexibility index (Phi) is 5.34. The monoisotopic (exact) mass is 394 g/mol. The smallest absolute Gasteiger partial charge is 0.416 e. The fraction of sp³-hybridized carbons (Fsp3) is 0.400. The number of aromatic nitrogens is 1. The number of carboxylic acid groups (broad SMARTS) is 1. The number of hydrogen-bond donors (Lipinski definition) is 2. The van der Waals surface area contributed by atoms with Gasteiger partial charge in [-0.2, -0.15) is 13.2 Å². The second-order valence-corrected chi connectivity index (χ2v) is 7.20. The minimum Gasteiger partial charge on any atom is -0.481 e. The second-order valence-electron chi connectivity index (χ2n) is 7.20. The molecule has 1 aromatic heterocycles. The Morgan fingerprint density at radius 2 is 1.96 bits per heavy atom. The molecule has 1 aromatic carbocycles. The Bertz CT molecular complexity index is 858. The van der Waals surface area contributed by atoms with E-state index in [1.54, 1.807) is 30.3 Å². The molecular weight excluding hydrogens is 373 g/mol. The highest BCUT2D eigenvalue weighted by Gasteiger charge is 2.49. The van der Waals surface area contributed by atoms with Gasteiger partial charge in [-0.05, 0) is 37.5 Å². The van der Waals surface area contributed by atoms with Crippen LogP contribution in [0.4, 0.5) is 19.0 Å². The fourth-order valence-electron chi connectivity index (χ4n) is 3.67. The van der Waals surface area contributed by atoms with Gasteiger partial charge in [0.05, 0.1) is 11.7 Å². The molecule has 2 atom stereocenters. The highest BCUT2D eigenvalue weighted by atomic mass is 19.4. The van der Waals surface area contributed by atoms with Gasteiger partial charge < -0.3 is 15.1 Å². The summed E-state index contributed by atoms with van der Waals surface area (Å²) in [6.07, 6.45) is -5.45. The molecule has 1 aliphatic rings. The van der Waals surface area contributed by atoms with E-state index < -0.39 is 29.2 Å². The highest BCUT2D eigenvalue weighted by Crippen LogP contribution is 2.38. The Hall–Kier alpha value is -2.61. The Morgan fingerprint density at radius 3 is 2.57 bits per heavy atom. The van der Waals surface area contributed by atoms with Crippen molar-refractivity contribution < 1.29 is 28.2 Å². The van der Waals surface area contributed by atoms with Gasteiger partial charge in [0.1, 0.15) is 11.2 Å². The molecule has 2 heterocycles. The van der Waals surface area contributed by atoms with Crippen LogP contribution in [0.3, 0.4) is 0 Å². The number of aliphatic carboxylic acids is 1. The SMILES string of the molecule is Cc1cc(C(F)(F)F)cc(N2CC[C@H](O)[C@](Cc3ccccc3)(C(=O)O)C2)n1. The van der Waals surface area contributed by atoms with Gasteiger partial charge in [0.25, 0.3) is 0 Å². The molecule has 0 unspecified atom stereocenters. The van der Waals surface area contributed by atoms with Gasteiger partial charge in [0, 0.05) is 18.8 Å². The Morgan fingerprint density at radius 1 is 1.29 bits per heavy atom. The molecule has 0 saturated carbocycles. The summed E-state index contributed by atoms with van der Waals surface area (Å²) >= 11 is 0. The van der Waals surface area contributed by atoms with E-state index in [9.17, 15) is 28.2 Å². The number of carboxylic acids is 1. The van der Waals surface area contributed by atoms with Crippen molar-refractivity contribution in [3.63, 3.8) is 0 Å². The number of aliphatic hydroxyl groups is 1. The van der Waals surface area contributed by atoms with E-state index in [0.717, 1.165) is 17.7 Å². The standard InChI is InChI=1S/C20H21F3N2O3/c1-13-9-15(20(21,22)23)10-17(24-13)25-8-7-16(26)19(12-25,18(27)28)11-14-5-3-2-4-6-14/h2-6,9-10,16,26H,7-8,11-12H2,1H3,(H,27,28)/t16-,19+/m0/s1. The Labute approximate surface area is 160 Å². The minimum absolute atomic E-state index is 0.0675. The number of rotatable bonds is 4. The molecule has 5 nitrogen and oxygen atoms in total. The van der Waals surface area contributed by atoms with Gasteiger partial charge in [-0.15, -0.1) is 0 Å². The van der Waals surface area contributed by atoms with E-state index >= 15 is 0 Å². The van der Waals surface area contributed by atoms with Crippen LogP contribution < -0.4 is 4.90 Å². The number of alkyl halides is 3. The number of piperidine rings is 1. The number of nitrogens with zero attached hydrogens (tertiary/aromatic N) is 2. The van der Waals surface area contributed by atoms with Crippen LogP contribution in [0, 0.1) is 12.3 Å². The summed E-state index contributed by atoms with van der Waals surface area (Å²) in [6.45, 7) is 1.55. The number of hydrogen-bond acceptors (Lipinski definition) is 4. The molecule has 28 heavy (non-hydrogen) atoms. The van der Waals surface area contributed by atoms with Crippen molar-refractivity contribution in [3.8, 4) is 0 Å². The largest absolute Gasteiger partial charge is 0.481 e. The van der Waals surface area contributed by atoms with Crippen LogP contribution in [0.2, 0.25) is 0 Å². The van der Waals surface area contributed by atoms with E-state index in [4.69, 9.17) is 0 Å². The molecule has 0 spiro atoms. The lowest BCUT2D eigenvalue weighted by molar-refractivity contribution is -0.157. The van der Waals surface area contributed by atoms with Crippen LogP contribution in [0.1, 0.15) is 23.2 Å². The minimum atomic E-state index is -4.52. The molecule has 150 valence electrons. The number of pyridine rings is 1. The molecule has 1 fully saturated rings. The molecular formula is C20H21F3N2O3. The van der Waals surface area contributed by atoms with Gasteiger partial charge in [0.15, 0.2) is 0 Å². The lowest BCUT2D eigenvalue weighted by Gasteiger charge is -2.44. The molecule has 1 saturated heterocycles. The lowest BCUT2D eigenvalue weighted by atomic mass is 9.73. The first-order valence-corrected chi connectivity index (χ1v) is 8.88. The van der Waals surface area contributed by atoms with Gasteiger partial charge in [0.2, 0.25) is 0 Å². The van der Waals surface area contributed by atoms with Crippen LogP contribution in [0.25, 0.3) is 0 Å². The molecule has 0 bridgehead atoms. The molecule has 1 aliphatic heterocycles. The van der Waals surface area contributed by atoms with Crippen molar-refractivity contribution in [1.29, 1.82) is 0 Å². The predicted molar refractivity (Wildman–Crippen MR) is 97.0 cm³/mol. The zero-order valence-corrected chi connectivity index (χ0v) is 15.3. The Balaban J connectivity index is 1.97. The third-order valence-electron chi connectivity index (χ3n) is 5.16. The number of carbonyl (C=O) groups is 1. The van der Waals surface area contributed by atoms with Crippen molar-refractivity contribution in [2.24, 2.45) is 5.41 Å². The first kappa shape index (κ1) is 20.1. The molecule has 8 heteroatoms. The maximum Gasteiger partial charge on any atom is 0.416 e. The van der Waals surface area contributed by atoms with Crippen molar-refractivity contribution in [3.05, 3.63) is 59.3 Å². The topological polar surface area (TPSA) is 73.7 Å². The maximum absolute atomic E-state index is 13.2. The molecule has 0 radical (unpaired) electrons. The summed E-state index contributed by atoms with van der Waals surface area (Å²) in [5.41, 5.74) is -1.44. The fourth-order valence-corrected chi connectivity index (χ4v) is 3.67. The van der Waals surface area contributed by atoms with Gasteiger partial charge >= 0.3 is 12.1 Å². The summed E-state index contributed by atoms with van der Waals surface area (Å²) < 4.78 is 39.5. The number of benzene rings is 1. The van der Waals surface area contributed by atoms with E-state index in [1.165, 1.54) is 11.8 Å². The van der Waals surface area contributed by atoms with Crippen LogP contribution in [-0.2, 0) is 17.4 Å². The summed E-state index contributed by atoms with van der Waals surface area (Å²) in [7, 11) is 0. The summed E-state index contributed by atoms with van der Waals surface area (Å²) in [5, 5.41) is 20.5. The first-order valence-electron chi connectivity index (χ1n) is 8.88. The average molecular weight is 394 g/mol. The number of halogens is 3. The van der Waals surface area contributed by atoms with Crippen LogP contribution in [0.15, 0.2) is 42.5 Å². The van der Waals surface area contributed by atoms with E-state index in [1.807, 2.05) is 0 Å². The maximum atomic E-state index is 13.2. The zero-order valence-electron chi connectivity index (χ0n) is 15.3. The summed E-state index contributed by atoms with van der Waals surface area (Å²) in [6, 6.07) is 10.8. The van der Waals surface area contributed by atoms with E-state index in [0.29, 0.717) is 0 Å². The first-order chi connectivity index (χ1) is 13.1. The van der Waals surface area contributed by atoms with E-state index in [2.05, 4.69) is 4.98 Å². The molecule has 2 N–H and O–H groups in total. The quantitative estimate of drug-likeness (QED) is 0.833. The number of anilines is 1. The van der Waals surface area contributed by atoms with Crippen molar-refractivity contribution >= 4 is 11.8 Å². The summed E-state index contributed by atoms with van der Waals surface area (Å²) in [5.74, 6) is -1.12. The van der Waals surface area contributed by atoms with Crippen molar-refractivity contribution in [2.45, 2.75) is 32.0 Å². The van der Waals surface area contributed by atoms with Gasteiger partial charge in [-0.25, -0.2) is 4.98 Å². The predicted octanol–water partition coefficient (Wildman–Crippen LogP) is 3.29. The molecule has 3 rings (SSSR count). The molecule has 0 amide bonds. The van der Waals surface area contributed by atoms with E-state index in [-0.39, 0.29) is 37.4 Å². The van der Waals surface area contributed by atoms with Crippen LogP contribution >= 0.6 is 0 Å². The summed E-state index contributed by atoms with van der Waals surface area (Å²) in [4.78, 5) is 17.9. The van der Waals surface area contributed by atoms with Crippen LogP contribution in [0.5, 0.6) is 0 Å². The zero-order chi connectivity index (χ0) is 20.5. The third-order valence-corrected chi connectivity index (χ3v) is 5.16. The lowest BCUT2D eigenvalue weighted by Crippen LogP contribution is -2.57. The average Bonchev–Trinajstić information content (AvgIpc) is 2.63. The third kappa shape index (κ3) is 3.96. The number of aryl methyl sites for hydroxylation is 1. The normalized spacial score (nSPS) is 22.9. The van der Waals surface area contributed by atoms with Crippen molar-refractivity contribution in [2.75, 3.05) is 18.0 Å². The second kappa shape index (κ2) is 7.43. The van der Waals surface area contributed by atoms with Gasteiger partial charge in [-0.1, -0.05) is 30.3 Å². The van der Waals surface area contributed by atoms with Crippen molar-refractivity contribution in [1.82, 2.24) is 4.98 Å². The molecule has 2 aromatic rings. The highest BCUT2D eigenvalue weighted by molar-refractivity contribution is 5.77. The molecule has 0 aliphatic carbocycles. The number of aliphatic hydroxyl groups excluding tert-OH is 1.